The van der Waals surface area contributed by atoms with Gasteiger partial charge in [-0.2, -0.15) is 0 Å². The third-order valence-corrected chi connectivity index (χ3v) is 13.8. The van der Waals surface area contributed by atoms with Gasteiger partial charge >= 0.3 is 0 Å². The Morgan fingerprint density at radius 2 is 0.303 bits per heavy atom. The van der Waals surface area contributed by atoms with Crippen molar-refractivity contribution in [3.05, 3.63) is 328 Å². The topological polar surface area (TPSA) is 13.0 Å². The highest BCUT2D eigenvalue weighted by Crippen LogP contribution is 2.49. The van der Waals surface area contributed by atoms with Crippen LogP contribution in [-0.2, 0) is 0 Å². The lowest BCUT2D eigenvalue weighted by Gasteiger charge is -2.32. The maximum atomic E-state index is 2.47. The van der Waals surface area contributed by atoms with E-state index in [1.165, 1.54) is 0 Å². The molecule has 4 nitrogen and oxygen atoms in total. The fraction of sp³-hybridized carbons (Fsp3) is 0. The van der Waals surface area contributed by atoms with E-state index in [4.69, 9.17) is 0 Å². The molecule has 0 saturated heterocycles. The van der Waals surface area contributed by atoms with Crippen molar-refractivity contribution in [2.24, 2.45) is 0 Å². The molecule has 0 fully saturated rings. The Hall–Kier alpha value is -10.2. The molecule has 0 amide bonds. The number of hydrogen-bond donors (Lipinski definition) is 0. The van der Waals surface area contributed by atoms with Gasteiger partial charge in [0.25, 0.3) is 0 Å². The Morgan fingerprint density at radius 3 is 0.513 bits per heavy atom. The van der Waals surface area contributed by atoms with Crippen LogP contribution in [0.5, 0.6) is 0 Å². The van der Waals surface area contributed by atoms with Crippen molar-refractivity contribution in [1.82, 2.24) is 0 Å². The van der Waals surface area contributed by atoms with Gasteiger partial charge in [0, 0.05) is 67.9 Å². The average molecular weight is 975 g/mol. The summed E-state index contributed by atoms with van der Waals surface area (Å²) in [5.41, 5.74) is 19.7. The van der Waals surface area contributed by atoms with Gasteiger partial charge in [-0.25, -0.2) is 0 Å². The minimum atomic E-state index is 1.06. The van der Waals surface area contributed by atoms with E-state index >= 15 is 0 Å². The summed E-state index contributed by atoms with van der Waals surface area (Å²) in [6.07, 6.45) is 0. The lowest BCUT2D eigenvalue weighted by atomic mass is 9.96. The van der Waals surface area contributed by atoms with E-state index in [-0.39, 0.29) is 0 Å². The molecule has 12 aromatic carbocycles. The van der Waals surface area contributed by atoms with E-state index in [9.17, 15) is 0 Å². The van der Waals surface area contributed by atoms with Crippen molar-refractivity contribution < 1.29 is 0 Å². The second kappa shape index (κ2) is 21.9. The predicted molar refractivity (Wildman–Crippen MR) is 321 cm³/mol. The van der Waals surface area contributed by atoms with Gasteiger partial charge in [0.15, 0.2) is 0 Å². The van der Waals surface area contributed by atoms with Gasteiger partial charge in [-0.15, -0.1) is 0 Å². The Bertz CT molecular complexity index is 3260. The molecule has 4 heteroatoms. The van der Waals surface area contributed by atoms with E-state index < -0.39 is 0 Å². The van der Waals surface area contributed by atoms with Crippen LogP contribution in [0.2, 0.25) is 0 Å². The summed E-state index contributed by atoms with van der Waals surface area (Å²) in [7, 11) is 0. The fourth-order valence-electron chi connectivity index (χ4n) is 10.3. The summed E-state index contributed by atoms with van der Waals surface area (Å²) in [6.45, 7) is 0. The molecule has 76 heavy (non-hydrogen) atoms. The maximum absolute atomic E-state index is 2.47. The average Bonchev–Trinajstić information content (AvgIpc) is 3.51. The molecule has 0 N–H and O–H groups in total. The van der Waals surface area contributed by atoms with Gasteiger partial charge in [0.2, 0.25) is 0 Å². The quantitative estimate of drug-likeness (QED) is 0.101. The molecule has 0 unspecified atom stereocenters. The molecule has 0 atom stereocenters. The molecule has 0 heterocycles. The standard InChI is InChI=1S/C72H54N4/c1-7-25-58(26-8-1)73(59-27-9-2-10-28-59)64-49-43-55(44-50-64)67-37-19-22-40-70(67)76(71-41-23-20-38-68(71)56-45-51-65(52-46-56)74(60-29-11-3-12-30-60)61-31-13-4-14-32-61)72-42-24-21-39-69(72)57-47-53-66(54-48-57)75(62-33-15-5-16-34-62)63-35-17-6-18-36-63/h1-54H. The van der Waals surface area contributed by atoms with Crippen LogP contribution in [0.1, 0.15) is 0 Å². The lowest BCUT2D eigenvalue weighted by Crippen LogP contribution is -2.14. The van der Waals surface area contributed by atoms with Gasteiger partial charge < -0.3 is 19.6 Å². The first kappa shape index (κ1) is 46.9. The smallest absolute Gasteiger partial charge is 0.0540 e. The Morgan fingerprint density at radius 1 is 0.132 bits per heavy atom. The van der Waals surface area contributed by atoms with Crippen LogP contribution in [-0.4, -0.2) is 0 Å². The summed E-state index contributed by atoms with van der Waals surface area (Å²) in [4.78, 5) is 9.39. The Labute approximate surface area is 446 Å². The van der Waals surface area contributed by atoms with Crippen LogP contribution in [0.15, 0.2) is 328 Å². The first-order chi connectivity index (χ1) is 37.7. The van der Waals surface area contributed by atoms with Crippen molar-refractivity contribution in [3.63, 3.8) is 0 Å². The van der Waals surface area contributed by atoms with Crippen LogP contribution in [0.4, 0.5) is 68.2 Å². The van der Waals surface area contributed by atoms with Gasteiger partial charge in [0.1, 0.15) is 0 Å². The van der Waals surface area contributed by atoms with Gasteiger partial charge in [0.05, 0.1) is 17.1 Å². The molecule has 12 aromatic rings. The van der Waals surface area contributed by atoms with E-state index in [0.29, 0.717) is 0 Å². The minimum absolute atomic E-state index is 1.06. The molecule has 0 radical (unpaired) electrons. The van der Waals surface area contributed by atoms with Crippen molar-refractivity contribution in [1.29, 1.82) is 0 Å². The van der Waals surface area contributed by atoms with E-state index in [1.807, 2.05) is 0 Å². The molecule has 12 rings (SSSR count). The van der Waals surface area contributed by atoms with Crippen LogP contribution in [0.25, 0.3) is 33.4 Å². The number of benzene rings is 12. The zero-order chi connectivity index (χ0) is 50.9. The molecular weight excluding hydrogens is 921 g/mol. The Kier molecular flexibility index (Phi) is 13.5. The summed E-state index contributed by atoms with van der Waals surface area (Å²) in [5.74, 6) is 0. The van der Waals surface area contributed by atoms with E-state index in [0.717, 1.165) is 102 Å². The largest absolute Gasteiger partial charge is 0.311 e. The number of nitrogens with zero attached hydrogens (tertiary/aromatic N) is 4. The molecule has 0 aliphatic heterocycles. The van der Waals surface area contributed by atoms with Crippen LogP contribution >= 0.6 is 0 Å². The Balaban J connectivity index is 0.993. The maximum Gasteiger partial charge on any atom is 0.0540 e. The normalized spacial score (nSPS) is 10.9. The molecule has 0 saturated carbocycles. The van der Waals surface area contributed by atoms with Crippen LogP contribution in [0, 0.1) is 0 Å². The van der Waals surface area contributed by atoms with Crippen LogP contribution < -0.4 is 19.6 Å². The first-order valence-corrected chi connectivity index (χ1v) is 25.8. The summed E-state index contributed by atoms with van der Waals surface area (Å²) >= 11 is 0. The van der Waals surface area contributed by atoms with Crippen molar-refractivity contribution in [2.45, 2.75) is 0 Å². The number of rotatable bonds is 15. The second-order valence-corrected chi connectivity index (χ2v) is 18.5. The molecule has 0 bridgehead atoms. The summed E-state index contributed by atoms with van der Waals surface area (Å²) < 4.78 is 0. The number of anilines is 12. The zero-order valence-electron chi connectivity index (χ0n) is 42.0. The highest BCUT2D eigenvalue weighted by Gasteiger charge is 2.24. The third-order valence-electron chi connectivity index (χ3n) is 13.8. The van der Waals surface area contributed by atoms with Crippen molar-refractivity contribution in [3.8, 4) is 33.4 Å². The SMILES string of the molecule is c1ccc(N(c2ccccc2)c2ccc(-c3ccccc3N(c3ccccc3-c3ccc(N(c4ccccc4)c4ccccc4)cc3)c3ccccc3-c3ccc(N(c4ccccc4)c4ccccc4)cc3)cc2)cc1. The molecular formula is C72H54N4. The summed E-state index contributed by atoms with van der Waals surface area (Å²) in [6, 6.07) is 117. The lowest BCUT2D eigenvalue weighted by molar-refractivity contribution is 1.27. The highest BCUT2D eigenvalue weighted by atomic mass is 15.2. The van der Waals surface area contributed by atoms with Crippen LogP contribution in [0.3, 0.4) is 0 Å². The minimum Gasteiger partial charge on any atom is -0.311 e. The number of hydrogen-bond acceptors (Lipinski definition) is 4. The second-order valence-electron chi connectivity index (χ2n) is 18.5. The molecule has 0 aliphatic rings. The van der Waals surface area contributed by atoms with Gasteiger partial charge in [-0.05, 0) is 144 Å². The predicted octanol–water partition coefficient (Wildman–Crippen LogP) is 20.6. The van der Waals surface area contributed by atoms with Gasteiger partial charge in [-0.3, -0.25) is 0 Å². The van der Waals surface area contributed by atoms with E-state index in [1.54, 1.807) is 0 Å². The monoisotopic (exact) mass is 974 g/mol. The zero-order valence-corrected chi connectivity index (χ0v) is 42.0. The third kappa shape index (κ3) is 9.74. The highest BCUT2D eigenvalue weighted by molar-refractivity contribution is 5.98. The molecule has 0 aromatic heterocycles. The van der Waals surface area contributed by atoms with Crippen molar-refractivity contribution in [2.75, 3.05) is 19.6 Å². The molecule has 0 spiro atoms. The van der Waals surface area contributed by atoms with Gasteiger partial charge in [-0.1, -0.05) is 200 Å². The number of para-hydroxylation sites is 9. The van der Waals surface area contributed by atoms with Crippen molar-refractivity contribution >= 4 is 68.2 Å². The summed E-state index contributed by atoms with van der Waals surface area (Å²) in [5, 5.41) is 0. The fourth-order valence-corrected chi connectivity index (χ4v) is 10.3. The first-order valence-electron chi connectivity index (χ1n) is 25.8. The molecule has 0 aliphatic carbocycles. The molecule has 362 valence electrons. The van der Waals surface area contributed by atoms with E-state index in [2.05, 4.69) is 347 Å².